The van der Waals surface area contributed by atoms with Gasteiger partial charge in [-0.15, -0.1) is 0 Å². The number of carbonyl (C=O) groups excluding carboxylic acids is 1. The Labute approximate surface area is 213 Å². The molecule has 1 aromatic carbocycles. The summed E-state index contributed by atoms with van der Waals surface area (Å²) in [7, 11) is 3.65. The van der Waals surface area contributed by atoms with Crippen LogP contribution in [-0.2, 0) is 6.18 Å². The molecule has 0 saturated carbocycles. The molecule has 8 nitrogen and oxygen atoms in total. The number of halogens is 3. The fourth-order valence-electron chi connectivity index (χ4n) is 5.31. The Kier molecular flexibility index (Phi) is 7.09. The molecule has 0 atom stereocenters. The Bertz CT molecular complexity index is 1260. The lowest BCUT2D eigenvalue weighted by atomic mass is 9.98. The summed E-state index contributed by atoms with van der Waals surface area (Å²) in [6.45, 7) is 4.40. The Balaban J connectivity index is 1.30. The molecule has 5 rings (SSSR count). The predicted molar refractivity (Wildman–Crippen MR) is 134 cm³/mol. The number of hydrogen-bond acceptors (Lipinski definition) is 6. The number of pyridine rings is 1. The van der Waals surface area contributed by atoms with Crippen molar-refractivity contribution < 1.29 is 22.7 Å². The van der Waals surface area contributed by atoms with Gasteiger partial charge in [-0.2, -0.15) is 18.3 Å². The van der Waals surface area contributed by atoms with Gasteiger partial charge in [-0.05, 0) is 64.0 Å². The van der Waals surface area contributed by atoms with Gasteiger partial charge in [0.1, 0.15) is 17.1 Å². The zero-order valence-electron chi connectivity index (χ0n) is 21.0. The number of carbonyl (C=O) groups is 1. The summed E-state index contributed by atoms with van der Waals surface area (Å²) in [5.74, 6) is -0.382. The number of benzene rings is 1. The first kappa shape index (κ1) is 25.5. The van der Waals surface area contributed by atoms with Gasteiger partial charge in [0.25, 0.3) is 5.91 Å². The van der Waals surface area contributed by atoms with Crippen molar-refractivity contribution in [1.82, 2.24) is 24.6 Å². The van der Waals surface area contributed by atoms with Gasteiger partial charge in [0.05, 0.1) is 24.4 Å². The first-order chi connectivity index (χ1) is 17.7. The van der Waals surface area contributed by atoms with E-state index in [2.05, 4.69) is 27.1 Å². The molecule has 198 valence electrons. The standard InChI is InChI=1S/C26H31F3N6O2/c1-33-10-6-18(7-11-33)34-12-8-19(9-13-34)35-16-17-14-22(23(37-2)15-21(17)32-35)31-25(36)20-4-3-5-24(30-20)26(27,28)29/h3-5,14-16,18-19H,6-13H2,1-2H3,(H,31,36). The fourth-order valence-corrected chi connectivity index (χ4v) is 5.31. The maximum atomic E-state index is 13.0. The number of nitrogens with one attached hydrogen (secondary N) is 1. The number of rotatable bonds is 5. The van der Waals surface area contributed by atoms with E-state index in [1.807, 2.05) is 10.9 Å². The van der Waals surface area contributed by atoms with Crippen molar-refractivity contribution in [2.24, 2.45) is 0 Å². The highest BCUT2D eigenvalue weighted by atomic mass is 19.4. The normalized spacial score (nSPS) is 18.8. The third-order valence-corrected chi connectivity index (χ3v) is 7.44. The minimum atomic E-state index is -4.63. The summed E-state index contributed by atoms with van der Waals surface area (Å²) < 4.78 is 46.5. The molecular formula is C26H31F3N6O2. The lowest BCUT2D eigenvalue weighted by Crippen LogP contribution is -2.47. The van der Waals surface area contributed by atoms with Crippen LogP contribution in [0.5, 0.6) is 5.75 Å². The molecule has 37 heavy (non-hydrogen) atoms. The third kappa shape index (κ3) is 5.57. The maximum absolute atomic E-state index is 13.0. The van der Waals surface area contributed by atoms with Gasteiger partial charge in [0, 0.05) is 36.8 Å². The van der Waals surface area contributed by atoms with Crippen LogP contribution >= 0.6 is 0 Å². The van der Waals surface area contributed by atoms with Gasteiger partial charge in [-0.25, -0.2) is 4.98 Å². The monoisotopic (exact) mass is 516 g/mol. The number of methoxy groups -OCH3 is 1. The molecule has 1 amide bonds. The molecule has 0 unspecified atom stereocenters. The second kappa shape index (κ2) is 10.3. The first-order valence-corrected chi connectivity index (χ1v) is 12.6. The molecule has 1 N–H and O–H groups in total. The molecular weight excluding hydrogens is 485 g/mol. The van der Waals surface area contributed by atoms with E-state index in [0.717, 1.165) is 62.1 Å². The number of likely N-dealkylation sites (tertiary alicyclic amines) is 2. The molecule has 2 saturated heterocycles. The topological polar surface area (TPSA) is 75.5 Å². The molecule has 4 heterocycles. The number of nitrogens with zero attached hydrogens (tertiary/aromatic N) is 5. The SMILES string of the molecule is COc1cc2nn(C3CCN(C4CCN(C)CC4)CC3)cc2cc1NC(=O)c1cccc(C(F)(F)F)n1. The Hall–Kier alpha value is -3.18. The molecule has 0 bridgehead atoms. The highest BCUT2D eigenvalue weighted by Crippen LogP contribution is 2.33. The molecule has 2 aliphatic rings. The summed E-state index contributed by atoms with van der Waals surface area (Å²) in [6.07, 6.45) is 1.80. The highest BCUT2D eigenvalue weighted by molar-refractivity contribution is 6.05. The lowest BCUT2D eigenvalue weighted by Gasteiger charge is -2.41. The van der Waals surface area contributed by atoms with Crippen molar-refractivity contribution in [2.45, 2.75) is 43.9 Å². The molecule has 0 radical (unpaired) electrons. The average Bonchev–Trinajstić information content (AvgIpc) is 3.31. The van der Waals surface area contributed by atoms with E-state index in [1.165, 1.54) is 26.0 Å². The molecule has 2 aromatic heterocycles. The van der Waals surface area contributed by atoms with E-state index >= 15 is 0 Å². The van der Waals surface area contributed by atoms with Crippen molar-refractivity contribution in [2.75, 3.05) is 45.7 Å². The summed E-state index contributed by atoms with van der Waals surface area (Å²) in [4.78, 5) is 21.2. The number of fused-ring (bicyclic) bond motifs is 1. The minimum Gasteiger partial charge on any atom is -0.494 e. The van der Waals surface area contributed by atoms with Gasteiger partial charge in [-0.3, -0.25) is 9.48 Å². The fraction of sp³-hybridized carbons (Fsp3) is 0.500. The van der Waals surface area contributed by atoms with E-state index in [-0.39, 0.29) is 11.7 Å². The number of piperidine rings is 2. The maximum Gasteiger partial charge on any atom is 0.433 e. The number of hydrogen-bond donors (Lipinski definition) is 1. The van der Waals surface area contributed by atoms with Crippen LogP contribution in [0.4, 0.5) is 18.9 Å². The summed E-state index contributed by atoms with van der Waals surface area (Å²) in [6, 6.07) is 7.64. The molecule has 2 aliphatic heterocycles. The van der Waals surface area contributed by atoms with Gasteiger partial charge < -0.3 is 19.9 Å². The number of anilines is 1. The number of aromatic nitrogens is 3. The minimum absolute atomic E-state index is 0.285. The largest absolute Gasteiger partial charge is 0.494 e. The number of amides is 1. The molecule has 0 aliphatic carbocycles. The molecule has 3 aromatic rings. The van der Waals surface area contributed by atoms with Crippen molar-refractivity contribution >= 4 is 22.5 Å². The Morgan fingerprint density at radius 1 is 1.05 bits per heavy atom. The van der Waals surface area contributed by atoms with Crippen LogP contribution in [0.25, 0.3) is 10.9 Å². The van der Waals surface area contributed by atoms with Gasteiger partial charge in [0.15, 0.2) is 0 Å². The van der Waals surface area contributed by atoms with Crippen LogP contribution in [-0.4, -0.2) is 76.8 Å². The Morgan fingerprint density at radius 2 is 1.76 bits per heavy atom. The third-order valence-electron chi connectivity index (χ3n) is 7.44. The zero-order valence-corrected chi connectivity index (χ0v) is 21.0. The van der Waals surface area contributed by atoms with Crippen LogP contribution in [0.1, 0.15) is 47.9 Å². The zero-order chi connectivity index (χ0) is 26.2. The smallest absolute Gasteiger partial charge is 0.433 e. The Morgan fingerprint density at radius 3 is 2.43 bits per heavy atom. The van der Waals surface area contributed by atoms with Crippen molar-refractivity contribution in [3.05, 3.63) is 47.9 Å². The first-order valence-electron chi connectivity index (χ1n) is 12.6. The number of ether oxygens (including phenoxy) is 1. The predicted octanol–water partition coefficient (Wildman–Crippen LogP) is 4.44. The van der Waals surface area contributed by atoms with Crippen molar-refractivity contribution in [3.63, 3.8) is 0 Å². The van der Waals surface area contributed by atoms with E-state index < -0.39 is 17.8 Å². The van der Waals surface area contributed by atoms with E-state index in [1.54, 1.807) is 12.1 Å². The van der Waals surface area contributed by atoms with Crippen LogP contribution in [0.2, 0.25) is 0 Å². The lowest BCUT2D eigenvalue weighted by molar-refractivity contribution is -0.141. The van der Waals surface area contributed by atoms with Crippen LogP contribution < -0.4 is 10.1 Å². The van der Waals surface area contributed by atoms with Gasteiger partial charge in [0.2, 0.25) is 0 Å². The van der Waals surface area contributed by atoms with Gasteiger partial charge in [-0.1, -0.05) is 6.07 Å². The van der Waals surface area contributed by atoms with E-state index in [9.17, 15) is 18.0 Å². The van der Waals surface area contributed by atoms with Crippen LogP contribution in [0.3, 0.4) is 0 Å². The van der Waals surface area contributed by atoms with Crippen molar-refractivity contribution in [1.29, 1.82) is 0 Å². The average molecular weight is 517 g/mol. The summed E-state index contributed by atoms with van der Waals surface area (Å²) in [5.41, 5.74) is -0.379. The van der Waals surface area contributed by atoms with Crippen LogP contribution in [0.15, 0.2) is 36.5 Å². The van der Waals surface area contributed by atoms with Gasteiger partial charge >= 0.3 is 6.18 Å². The molecule has 2 fully saturated rings. The van der Waals surface area contributed by atoms with Crippen molar-refractivity contribution in [3.8, 4) is 5.75 Å². The van der Waals surface area contributed by atoms with Crippen LogP contribution in [0, 0.1) is 0 Å². The molecule has 0 spiro atoms. The van der Waals surface area contributed by atoms with E-state index in [4.69, 9.17) is 9.84 Å². The summed E-state index contributed by atoms with van der Waals surface area (Å²) >= 11 is 0. The molecule has 11 heteroatoms. The summed E-state index contributed by atoms with van der Waals surface area (Å²) in [5, 5.41) is 8.22. The number of alkyl halides is 3. The second-order valence-corrected chi connectivity index (χ2v) is 9.88. The van der Waals surface area contributed by atoms with E-state index in [0.29, 0.717) is 17.5 Å². The highest BCUT2D eigenvalue weighted by Gasteiger charge is 2.33. The quantitative estimate of drug-likeness (QED) is 0.541. The second-order valence-electron chi connectivity index (χ2n) is 9.88.